The van der Waals surface area contributed by atoms with Crippen molar-refractivity contribution in [3.63, 3.8) is 0 Å². The highest BCUT2D eigenvalue weighted by Gasteiger charge is 2.33. The number of hydrazine groups is 1. The van der Waals surface area contributed by atoms with Crippen LogP contribution in [0.25, 0.3) is 0 Å². The molecule has 0 bridgehead atoms. The van der Waals surface area contributed by atoms with Crippen LogP contribution in [0.1, 0.15) is 30.1 Å². The minimum absolute atomic E-state index is 0.00565. The number of nitrogens with two attached hydrogens (primary N) is 1. The lowest BCUT2D eigenvalue weighted by atomic mass is 9.91. The van der Waals surface area contributed by atoms with Crippen molar-refractivity contribution in [1.29, 1.82) is 0 Å². The number of para-hydroxylation sites is 1. The van der Waals surface area contributed by atoms with Crippen LogP contribution in [0.3, 0.4) is 0 Å². The molecule has 1 aliphatic heterocycles. The van der Waals surface area contributed by atoms with E-state index in [2.05, 4.69) is 23.5 Å². The van der Waals surface area contributed by atoms with Crippen molar-refractivity contribution < 1.29 is 4.74 Å². The summed E-state index contributed by atoms with van der Waals surface area (Å²) >= 11 is 0. The van der Waals surface area contributed by atoms with Crippen molar-refractivity contribution in [2.24, 2.45) is 5.84 Å². The van der Waals surface area contributed by atoms with Gasteiger partial charge in [0.15, 0.2) is 0 Å². The molecule has 3 rings (SSSR count). The summed E-state index contributed by atoms with van der Waals surface area (Å²) < 4.78 is 7.70. The van der Waals surface area contributed by atoms with Gasteiger partial charge in [0, 0.05) is 24.2 Å². The lowest BCUT2D eigenvalue weighted by molar-refractivity contribution is 0.294. The number of aryl methyl sites for hydroxylation is 1. The van der Waals surface area contributed by atoms with Crippen LogP contribution in [0.4, 0.5) is 0 Å². The second kappa shape index (κ2) is 5.03. The van der Waals surface area contributed by atoms with Crippen LogP contribution < -0.4 is 16.0 Å². The first kappa shape index (κ1) is 12.2. The fourth-order valence-electron chi connectivity index (χ4n) is 2.74. The monoisotopic (exact) mass is 258 g/mol. The highest BCUT2D eigenvalue weighted by molar-refractivity contribution is 5.41. The molecule has 0 fully saturated rings. The zero-order chi connectivity index (χ0) is 13.2. The molecule has 1 aliphatic rings. The SMILES string of the molecule is CCn1nccc1C(NN)C1COc2ccccc21. The smallest absolute Gasteiger partial charge is 0.122 e. The Hall–Kier alpha value is -1.85. The number of rotatable bonds is 4. The number of hydrogen-bond donors (Lipinski definition) is 2. The molecular formula is C14H18N4O. The molecule has 0 amide bonds. The second-order valence-electron chi connectivity index (χ2n) is 4.67. The summed E-state index contributed by atoms with van der Waals surface area (Å²) in [4.78, 5) is 0. The third kappa shape index (κ3) is 2.01. The molecule has 2 atom stereocenters. The molecule has 0 saturated carbocycles. The second-order valence-corrected chi connectivity index (χ2v) is 4.67. The van der Waals surface area contributed by atoms with Gasteiger partial charge in [-0.15, -0.1) is 0 Å². The van der Waals surface area contributed by atoms with Crippen LogP contribution in [-0.2, 0) is 6.54 Å². The predicted molar refractivity (Wildman–Crippen MR) is 72.6 cm³/mol. The Balaban J connectivity index is 1.97. The van der Waals surface area contributed by atoms with Crippen LogP contribution in [0, 0.1) is 0 Å². The van der Waals surface area contributed by atoms with E-state index in [1.807, 2.05) is 35.1 Å². The average Bonchev–Trinajstić information content (AvgIpc) is 3.07. The van der Waals surface area contributed by atoms with Gasteiger partial charge in [-0.25, -0.2) is 0 Å². The molecule has 19 heavy (non-hydrogen) atoms. The zero-order valence-electron chi connectivity index (χ0n) is 10.9. The quantitative estimate of drug-likeness (QED) is 0.645. The molecule has 5 nitrogen and oxygen atoms in total. The number of fused-ring (bicyclic) bond motifs is 1. The van der Waals surface area contributed by atoms with Crippen molar-refractivity contribution in [2.75, 3.05) is 6.61 Å². The Morgan fingerprint density at radius 3 is 3.11 bits per heavy atom. The third-order valence-corrected chi connectivity index (χ3v) is 3.69. The fourth-order valence-corrected chi connectivity index (χ4v) is 2.74. The highest BCUT2D eigenvalue weighted by atomic mass is 16.5. The minimum Gasteiger partial charge on any atom is -0.493 e. The standard InChI is InChI=1S/C14H18N4O/c1-2-18-12(7-8-16-18)14(17-15)11-9-19-13-6-4-3-5-10(11)13/h3-8,11,14,17H,2,9,15H2,1H3. The van der Waals surface area contributed by atoms with E-state index >= 15 is 0 Å². The number of nitrogens with one attached hydrogen (secondary N) is 1. The van der Waals surface area contributed by atoms with Crippen LogP contribution in [-0.4, -0.2) is 16.4 Å². The number of aromatic nitrogens is 2. The number of ether oxygens (including phenoxy) is 1. The summed E-state index contributed by atoms with van der Waals surface area (Å²) in [5, 5.41) is 4.31. The molecule has 0 saturated heterocycles. The number of benzene rings is 1. The van der Waals surface area contributed by atoms with Gasteiger partial charge in [-0.3, -0.25) is 16.0 Å². The number of hydrogen-bond acceptors (Lipinski definition) is 4. The van der Waals surface area contributed by atoms with E-state index < -0.39 is 0 Å². The summed E-state index contributed by atoms with van der Waals surface area (Å²) in [5.74, 6) is 6.94. The van der Waals surface area contributed by atoms with E-state index in [1.165, 1.54) is 5.56 Å². The summed E-state index contributed by atoms with van der Waals surface area (Å²) in [6.07, 6.45) is 1.81. The Bertz CT molecular complexity index is 566. The van der Waals surface area contributed by atoms with Gasteiger partial charge >= 0.3 is 0 Å². The van der Waals surface area contributed by atoms with E-state index in [4.69, 9.17) is 10.6 Å². The molecule has 0 radical (unpaired) electrons. The van der Waals surface area contributed by atoms with E-state index in [0.29, 0.717) is 6.61 Å². The van der Waals surface area contributed by atoms with Gasteiger partial charge in [-0.2, -0.15) is 5.10 Å². The summed E-state index contributed by atoms with van der Waals surface area (Å²) in [5.41, 5.74) is 5.22. The molecule has 2 heterocycles. The van der Waals surface area contributed by atoms with Crippen LogP contribution in [0.2, 0.25) is 0 Å². The van der Waals surface area contributed by atoms with E-state index in [1.54, 1.807) is 0 Å². The predicted octanol–water partition coefficient (Wildman–Crippen LogP) is 1.58. The van der Waals surface area contributed by atoms with Gasteiger partial charge in [0.2, 0.25) is 0 Å². The Morgan fingerprint density at radius 1 is 1.47 bits per heavy atom. The third-order valence-electron chi connectivity index (χ3n) is 3.69. The largest absolute Gasteiger partial charge is 0.493 e. The average molecular weight is 258 g/mol. The van der Waals surface area contributed by atoms with Gasteiger partial charge in [0.25, 0.3) is 0 Å². The molecule has 2 unspecified atom stereocenters. The van der Waals surface area contributed by atoms with Gasteiger partial charge < -0.3 is 4.74 Å². The molecule has 100 valence electrons. The fraction of sp³-hybridized carbons (Fsp3) is 0.357. The van der Waals surface area contributed by atoms with Gasteiger partial charge in [0.1, 0.15) is 5.75 Å². The maximum Gasteiger partial charge on any atom is 0.122 e. The lowest BCUT2D eigenvalue weighted by Crippen LogP contribution is -2.34. The van der Waals surface area contributed by atoms with Crippen molar-refractivity contribution >= 4 is 0 Å². The normalized spacial score (nSPS) is 18.9. The molecule has 0 spiro atoms. The molecule has 1 aromatic heterocycles. The minimum atomic E-state index is 0.00565. The maximum atomic E-state index is 5.78. The highest BCUT2D eigenvalue weighted by Crippen LogP contribution is 2.40. The molecule has 3 N–H and O–H groups in total. The first-order valence-corrected chi connectivity index (χ1v) is 6.54. The van der Waals surface area contributed by atoms with Crippen molar-refractivity contribution in [3.8, 4) is 5.75 Å². The van der Waals surface area contributed by atoms with E-state index in [9.17, 15) is 0 Å². The Labute approximate surface area is 112 Å². The summed E-state index contributed by atoms with van der Waals surface area (Å²) in [6, 6.07) is 10.1. The summed E-state index contributed by atoms with van der Waals surface area (Å²) in [6.45, 7) is 3.54. The molecule has 5 heteroatoms. The van der Waals surface area contributed by atoms with Crippen molar-refractivity contribution in [1.82, 2.24) is 15.2 Å². The first-order chi connectivity index (χ1) is 9.35. The zero-order valence-corrected chi connectivity index (χ0v) is 10.9. The lowest BCUT2D eigenvalue weighted by Gasteiger charge is -2.22. The van der Waals surface area contributed by atoms with Crippen LogP contribution >= 0.6 is 0 Å². The van der Waals surface area contributed by atoms with Crippen LogP contribution in [0.15, 0.2) is 36.5 Å². The topological polar surface area (TPSA) is 65.1 Å². The summed E-state index contributed by atoms with van der Waals surface area (Å²) in [7, 11) is 0. The number of nitrogens with zero attached hydrogens (tertiary/aromatic N) is 2. The Morgan fingerprint density at radius 2 is 2.32 bits per heavy atom. The van der Waals surface area contributed by atoms with Crippen molar-refractivity contribution in [2.45, 2.75) is 25.4 Å². The maximum absolute atomic E-state index is 5.78. The van der Waals surface area contributed by atoms with E-state index in [-0.39, 0.29) is 12.0 Å². The van der Waals surface area contributed by atoms with E-state index in [0.717, 1.165) is 18.0 Å². The molecular weight excluding hydrogens is 240 g/mol. The molecule has 1 aromatic carbocycles. The molecule has 0 aliphatic carbocycles. The first-order valence-electron chi connectivity index (χ1n) is 6.54. The molecule has 2 aromatic rings. The Kier molecular flexibility index (Phi) is 3.23. The van der Waals surface area contributed by atoms with Crippen molar-refractivity contribution in [3.05, 3.63) is 47.8 Å². The van der Waals surface area contributed by atoms with Gasteiger partial charge in [0.05, 0.1) is 18.3 Å². The van der Waals surface area contributed by atoms with Gasteiger partial charge in [-0.05, 0) is 19.1 Å². The van der Waals surface area contributed by atoms with Gasteiger partial charge in [-0.1, -0.05) is 18.2 Å². The van der Waals surface area contributed by atoms with Crippen LogP contribution in [0.5, 0.6) is 5.75 Å².